The van der Waals surface area contributed by atoms with Crippen LogP contribution in [0.15, 0.2) is 48.5 Å². The second-order valence-corrected chi connectivity index (χ2v) is 11.1. The van der Waals surface area contributed by atoms with Crippen LogP contribution in [0.2, 0.25) is 0 Å². The first-order valence-electron chi connectivity index (χ1n) is 14.8. The van der Waals surface area contributed by atoms with E-state index in [1.165, 1.54) is 19.3 Å². The molecule has 1 aliphatic heterocycles. The van der Waals surface area contributed by atoms with E-state index < -0.39 is 0 Å². The van der Waals surface area contributed by atoms with E-state index >= 15 is 0 Å². The van der Waals surface area contributed by atoms with Crippen LogP contribution in [0.1, 0.15) is 100 Å². The van der Waals surface area contributed by atoms with Gasteiger partial charge in [-0.25, -0.2) is 0 Å². The number of ketones is 2. The second-order valence-electron chi connectivity index (χ2n) is 11.1. The van der Waals surface area contributed by atoms with Crippen molar-refractivity contribution in [1.82, 2.24) is 16.0 Å². The minimum absolute atomic E-state index is 0.0280. The van der Waals surface area contributed by atoms with Gasteiger partial charge in [0.1, 0.15) is 5.78 Å². The normalized spacial score (nSPS) is 22.3. The zero-order chi connectivity index (χ0) is 27.5. The lowest BCUT2D eigenvalue weighted by Gasteiger charge is -2.18. The van der Waals surface area contributed by atoms with Crippen molar-refractivity contribution in [3.8, 4) is 0 Å². The van der Waals surface area contributed by atoms with Crippen molar-refractivity contribution in [3.05, 3.63) is 59.7 Å². The van der Waals surface area contributed by atoms with Crippen LogP contribution in [0.25, 0.3) is 0 Å². The Kier molecular flexibility index (Phi) is 11.1. The van der Waals surface area contributed by atoms with Crippen LogP contribution in [0.3, 0.4) is 0 Å². The molecule has 4 rings (SSSR count). The van der Waals surface area contributed by atoms with E-state index in [0.717, 1.165) is 56.1 Å². The molecule has 0 radical (unpaired) electrons. The molecule has 7 nitrogen and oxygen atoms in total. The highest BCUT2D eigenvalue weighted by Gasteiger charge is 2.45. The van der Waals surface area contributed by atoms with Crippen molar-refractivity contribution in [3.63, 3.8) is 0 Å². The van der Waals surface area contributed by atoms with Gasteiger partial charge in [0.25, 0.3) is 0 Å². The van der Waals surface area contributed by atoms with Crippen LogP contribution in [0.5, 0.6) is 0 Å². The van der Waals surface area contributed by atoms with Crippen molar-refractivity contribution in [2.75, 3.05) is 13.1 Å². The number of carbonyl (C=O) groups excluding carboxylic acids is 4. The standard InChI is InChI=1S/C32H43N3O4/c36-27(23-13-7-3-1-4-8-14-23)18-19-28(37)34-22-29(38)33-20-12-11-17-26-32(39)30-24-15-9-5-2-6-10-16-25(21-24)31(30)35-26/h2,5-6,9-10,15-16,21,23,26,30-31,35H,1,3-4,7-8,11-14,17-20,22H2,(H,33,38)(H,34,37). The Balaban J connectivity index is 1.09. The second kappa shape index (κ2) is 14.9. The summed E-state index contributed by atoms with van der Waals surface area (Å²) in [5, 5.41) is 9.00. The topological polar surface area (TPSA) is 104 Å². The molecule has 1 saturated carbocycles. The molecule has 3 unspecified atom stereocenters. The van der Waals surface area contributed by atoms with Crippen molar-refractivity contribution in [2.24, 2.45) is 5.92 Å². The van der Waals surface area contributed by atoms with Crippen molar-refractivity contribution in [1.29, 1.82) is 0 Å². The Bertz CT molecular complexity index is 1080. The average Bonchev–Trinajstić information content (AvgIpc) is 3.41. The molecule has 1 saturated heterocycles. The Morgan fingerprint density at radius 3 is 2.26 bits per heavy atom. The Morgan fingerprint density at radius 1 is 0.795 bits per heavy atom. The number of rotatable bonds is 11. The van der Waals surface area contributed by atoms with E-state index in [1.54, 1.807) is 0 Å². The predicted octanol–water partition coefficient (Wildman–Crippen LogP) is 4.60. The monoisotopic (exact) mass is 533 g/mol. The Hall–Kier alpha value is -3.06. The number of carbonyl (C=O) groups is 4. The molecule has 0 aromatic heterocycles. The number of unbranched alkanes of at least 4 members (excludes halogenated alkanes) is 1. The van der Waals surface area contributed by atoms with Gasteiger partial charge in [-0.1, -0.05) is 80.6 Å². The van der Waals surface area contributed by atoms with Gasteiger partial charge >= 0.3 is 0 Å². The maximum absolute atomic E-state index is 13.1. The third kappa shape index (κ3) is 8.46. The Morgan fingerprint density at radius 2 is 1.49 bits per heavy atom. The van der Waals surface area contributed by atoms with Crippen LogP contribution < -0.4 is 16.0 Å². The van der Waals surface area contributed by atoms with Gasteiger partial charge in [-0.15, -0.1) is 0 Å². The summed E-state index contributed by atoms with van der Waals surface area (Å²) in [4.78, 5) is 49.9. The van der Waals surface area contributed by atoms with Gasteiger partial charge in [0.05, 0.1) is 18.5 Å². The lowest BCUT2D eigenvalue weighted by Crippen LogP contribution is -2.37. The van der Waals surface area contributed by atoms with Crippen molar-refractivity contribution in [2.45, 2.75) is 95.1 Å². The maximum atomic E-state index is 13.1. The van der Waals surface area contributed by atoms with E-state index in [2.05, 4.69) is 28.1 Å². The van der Waals surface area contributed by atoms with E-state index in [9.17, 15) is 19.2 Å². The van der Waals surface area contributed by atoms with E-state index in [4.69, 9.17) is 0 Å². The number of Topliss-reactive ketones (excluding diaryl/α,β-unsaturated/α-hetero) is 2. The molecule has 2 aliphatic carbocycles. The zero-order valence-electron chi connectivity index (χ0n) is 23.0. The smallest absolute Gasteiger partial charge is 0.239 e. The summed E-state index contributed by atoms with van der Waals surface area (Å²) < 4.78 is 0. The highest BCUT2D eigenvalue weighted by Crippen LogP contribution is 2.43. The summed E-state index contributed by atoms with van der Waals surface area (Å²) in [6.07, 6.45) is 10.4. The van der Waals surface area contributed by atoms with Crippen molar-refractivity contribution < 1.29 is 19.2 Å². The minimum atomic E-state index is -0.255. The number of hydrogen-bond donors (Lipinski definition) is 3. The highest BCUT2D eigenvalue weighted by atomic mass is 16.2. The molecule has 2 bridgehead atoms. The molecular weight excluding hydrogens is 490 g/mol. The third-order valence-corrected chi connectivity index (χ3v) is 8.28. The average molecular weight is 534 g/mol. The number of fused-ring (bicyclic) bond motifs is 5. The van der Waals surface area contributed by atoms with Gasteiger partial charge in [0.2, 0.25) is 11.8 Å². The van der Waals surface area contributed by atoms with Gasteiger partial charge in [-0.3, -0.25) is 24.5 Å². The van der Waals surface area contributed by atoms with Crippen LogP contribution in [0, 0.1) is 5.92 Å². The SMILES string of the molecule is O=C(CCC(=O)C1CCCCCCC1)NCC(=O)NCCCCC1NC2c3cccccccc(c3)C2C1=O. The molecule has 1 aromatic carbocycles. The first-order valence-corrected chi connectivity index (χ1v) is 14.8. The molecule has 210 valence electrons. The molecule has 7 heteroatoms. The van der Waals surface area contributed by atoms with Crippen LogP contribution in [-0.4, -0.2) is 42.5 Å². The summed E-state index contributed by atoms with van der Waals surface area (Å²) in [6, 6.07) is 16.0. The number of hydrogen-bond acceptors (Lipinski definition) is 5. The first kappa shape index (κ1) is 28.9. The number of amides is 2. The molecular formula is C32H43N3O4. The third-order valence-electron chi connectivity index (χ3n) is 8.28. The lowest BCUT2D eigenvalue weighted by atomic mass is 9.86. The summed E-state index contributed by atoms with van der Waals surface area (Å²) in [6.45, 7) is 0.419. The fourth-order valence-electron chi connectivity index (χ4n) is 6.10. The molecule has 2 amide bonds. The first-order chi connectivity index (χ1) is 19.0. The molecule has 0 spiro atoms. The molecule has 3 atom stereocenters. The quantitative estimate of drug-likeness (QED) is 0.361. The maximum Gasteiger partial charge on any atom is 0.239 e. The lowest BCUT2D eigenvalue weighted by molar-refractivity contribution is -0.128. The van der Waals surface area contributed by atoms with E-state index in [-0.39, 0.29) is 66.7 Å². The molecule has 2 fully saturated rings. The Labute approximate surface area is 232 Å². The number of nitrogens with one attached hydrogen (secondary N) is 3. The molecule has 39 heavy (non-hydrogen) atoms. The summed E-state index contributed by atoms with van der Waals surface area (Å²) in [7, 11) is 0. The summed E-state index contributed by atoms with van der Waals surface area (Å²) in [5.41, 5.74) is 2.20. The van der Waals surface area contributed by atoms with Crippen LogP contribution >= 0.6 is 0 Å². The molecule has 3 N–H and O–H groups in total. The fourth-order valence-corrected chi connectivity index (χ4v) is 6.10. The van der Waals surface area contributed by atoms with Gasteiger partial charge in [-0.05, 0) is 43.2 Å². The fraction of sp³-hybridized carbons (Fsp3) is 0.562. The zero-order valence-corrected chi connectivity index (χ0v) is 23.0. The predicted molar refractivity (Wildman–Crippen MR) is 151 cm³/mol. The van der Waals surface area contributed by atoms with Gasteiger partial charge in [-0.2, -0.15) is 0 Å². The summed E-state index contributed by atoms with van der Waals surface area (Å²) >= 11 is 0. The summed E-state index contributed by atoms with van der Waals surface area (Å²) in [5.74, 6) is -0.0956. The minimum Gasteiger partial charge on any atom is -0.355 e. The molecule has 1 aromatic rings. The largest absolute Gasteiger partial charge is 0.355 e. The highest BCUT2D eigenvalue weighted by molar-refractivity contribution is 5.94. The van der Waals surface area contributed by atoms with E-state index in [0.29, 0.717) is 6.54 Å². The van der Waals surface area contributed by atoms with Gasteiger partial charge in [0.15, 0.2) is 5.78 Å². The van der Waals surface area contributed by atoms with Crippen molar-refractivity contribution >= 4 is 23.4 Å². The molecule has 3 aliphatic rings. The van der Waals surface area contributed by atoms with Gasteiger partial charge < -0.3 is 10.6 Å². The molecule has 1 heterocycles. The van der Waals surface area contributed by atoms with Gasteiger partial charge in [0, 0.05) is 31.3 Å². The van der Waals surface area contributed by atoms with E-state index in [1.807, 2.05) is 36.4 Å². The van der Waals surface area contributed by atoms with Crippen LogP contribution in [-0.2, 0) is 19.2 Å². The van der Waals surface area contributed by atoms with Crippen LogP contribution in [0.4, 0.5) is 0 Å².